The summed E-state index contributed by atoms with van der Waals surface area (Å²) >= 11 is 0. The van der Waals surface area contributed by atoms with Crippen LogP contribution in [0.2, 0.25) is 0 Å². The van der Waals surface area contributed by atoms with Crippen molar-refractivity contribution in [2.75, 3.05) is 13.7 Å². The van der Waals surface area contributed by atoms with E-state index in [1.165, 1.54) is 25.3 Å². The molecule has 1 N–H and O–H groups in total. The summed E-state index contributed by atoms with van der Waals surface area (Å²) in [5.74, 6) is -1.58. The van der Waals surface area contributed by atoms with Gasteiger partial charge in [0.15, 0.2) is 11.6 Å². The lowest BCUT2D eigenvalue weighted by atomic mass is 10.0. The van der Waals surface area contributed by atoms with Gasteiger partial charge in [-0.1, -0.05) is 24.3 Å². The predicted molar refractivity (Wildman–Crippen MR) is 122 cm³/mol. The number of aromatic hydroxyl groups is 1. The van der Waals surface area contributed by atoms with Crippen molar-refractivity contribution in [1.82, 2.24) is 9.55 Å². The van der Waals surface area contributed by atoms with E-state index in [0.29, 0.717) is 41.2 Å². The lowest BCUT2D eigenvalue weighted by molar-refractivity contribution is -0.0589. The molecular weight excluding hydrogens is 442 g/mol. The van der Waals surface area contributed by atoms with Crippen LogP contribution in [0.25, 0.3) is 22.2 Å². The van der Waals surface area contributed by atoms with Crippen LogP contribution in [0.15, 0.2) is 54.6 Å². The molecule has 3 aromatic carbocycles. The van der Waals surface area contributed by atoms with Gasteiger partial charge in [-0.25, -0.2) is 18.6 Å². The first-order valence-corrected chi connectivity index (χ1v) is 10.9. The van der Waals surface area contributed by atoms with Gasteiger partial charge in [0.25, 0.3) is 0 Å². The third-order valence-electron chi connectivity index (χ3n) is 6.13. The van der Waals surface area contributed by atoms with E-state index in [9.17, 15) is 14.3 Å². The highest BCUT2D eigenvalue weighted by Gasteiger charge is 2.23. The van der Waals surface area contributed by atoms with Gasteiger partial charge in [0.2, 0.25) is 0 Å². The number of methoxy groups -OCH3 is 1. The summed E-state index contributed by atoms with van der Waals surface area (Å²) in [5.41, 5.74) is 2.83. The molecule has 0 spiro atoms. The van der Waals surface area contributed by atoms with Gasteiger partial charge in [0, 0.05) is 18.6 Å². The van der Waals surface area contributed by atoms with Crippen LogP contribution in [-0.2, 0) is 22.4 Å². The number of carbonyl (C=O) groups excluding carboxylic acids is 1. The molecule has 1 aromatic heterocycles. The zero-order valence-electron chi connectivity index (χ0n) is 18.4. The second kappa shape index (κ2) is 8.87. The predicted octanol–water partition coefficient (Wildman–Crippen LogP) is 4.85. The quantitative estimate of drug-likeness (QED) is 0.413. The zero-order chi connectivity index (χ0) is 23.8. The first-order chi connectivity index (χ1) is 16.4. The van der Waals surface area contributed by atoms with Crippen molar-refractivity contribution in [3.8, 4) is 16.9 Å². The van der Waals surface area contributed by atoms with E-state index in [-0.39, 0.29) is 18.1 Å². The molecule has 4 aromatic rings. The number of para-hydroxylation sites is 1. The summed E-state index contributed by atoms with van der Waals surface area (Å²) in [6, 6.07) is 13.8. The topological polar surface area (TPSA) is 73.6 Å². The van der Waals surface area contributed by atoms with Crippen molar-refractivity contribution >= 4 is 17.0 Å². The van der Waals surface area contributed by atoms with E-state index in [2.05, 4.69) is 0 Å². The molecule has 0 bridgehead atoms. The fourth-order valence-electron chi connectivity index (χ4n) is 4.17. The zero-order valence-corrected chi connectivity index (χ0v) is 18.4. The minimum Gasteiger partial charge on any atom is -0.504 e. The Bertz CT molecular complexity index is 1400. The molecule has 0 radical (unpaired) electrons. The number of fused-ring (bicyclic) bond motifs is 1. The molecule has 8 heteroatoms. The van der Waals surface area contributed by atoms with Gasteiger partial charge >= 0.3 is 5.97 Å². The molecule has 1 saturated heterocycles. The molecule has 34 heavy (non-hydrogen) atoms. The highest BCUT2D eigenvalue weighted by molar-refractivity contribution is 5.93. The Morgan fingerprint density at radius 1 is 1.18 bits per heavy atom. The SMILES string of the molecule is COC(=O)c1ccc2nc(Cc3ccc(-c4cccc(F)c4O)cc3F)n(C[C@@H]3CCO3)c2c1. The molecule has 0 amide bonds. The van der Waals surface area contributed by atoms with Gasteiger partial charge in [0.05, 0.1) is 36.4 Å². The Kier molecular flexibility index (Phi) is 5.75. The third-order valence-corrected chi connectivity index (χ3v) is 6.13. The molecule has 5 rings (SSSR count). The van der Waals surface area contributed by atoms with E-state index in [4.69, 9.17) is 14.5 Å². The number of aromatic nitrogens is 2. The normalized spacial score (nSPS) is 15.3. The van der Waals surface area contributed by atoms with Gasteiger partial charge in [-0.15, -0.1) is 0 Å². The fraction of sp³-hybridized carbons (Fsp3) is 0.231. The smallest absolute Gasteiger partial charge is 0.337 e. The average Bonchev–Trinajstić information content (AvgIpc) is 3.15. The van der Waals surface area contributed by atoms with Crippen molar-refractivity contribution in [2.24, 2.45) is 0 Å². The van der Waals surface area contributed by atoms with Crippen LogP contribution in [0.4, 0.5) is 8.78 Å². The van der Waals surface area contributed by atoms with Crippen molar-refractivity contribution in [3.63, 3.8) is 0 Å². The Morgan fingerprint density at radius 3 is 2.71 bits per heavy atom. The number of benzene rings is 3. The van der Waals surface area contributed by atoms with Gasteiger partial charge in [-0.3, -0.25) is 0 Å². The van der Waals surface area contributed by atoms with E-state index < -0.39 is 23.4 Å². The summed E-state index contributed by atoms with van der Waals surface area (Å²) in [6.45, 7) is 1.23. The number of phenols is 1. The number of imidazole rings is 1. The maximum atomic E-state index is 15.1. The van der Waals surface area contributed by atoms with Crippen molar-refractivity contribution in [2.45, 2.75) is 25.5 Å². The minimum atomic E-state index is -0.764. The fourth-order valence-corrected chi connectivity index (χ4v) is 4.17. The maximum absolute atomic E-state index is 15.1. The lowest BCUT2D eigenvalue weighted by Crippen LogP contribution is -2.31. The van der Waals surface area contributed by atoms with E-state index in [0.717, 1.165) is 18.0 Å². The molecule has 1 aliphatic heterocycles. The maximum Gasteiger partial charge on any atom is 0.337 e. The monoisotopic (exact) mass is 464 g/mol. The van der Waals surface area contributed by atoms with Crippen molar-refractivity contribution in [1.29, 1.82) is 0 Å². The molecule has 6 nitrogen and oxygen atoms in total. The number of hydrogen-bond donors (Lipinski definition) is 1. The number of rotatable bonds is 6. The number of ether oxygens (including phenoxy) is 2. The van der Waals surface area contributed by atoms with Crippen LogP contribution in [0.5, 0.6) is 5.75 Å². The number of phenolic OH excluding ortho intramolecular Hbond substituents is 1. The molecule has 174 valence electrons. The van der Waals surface area contributed by atoms with Crippen LogP contribution >= 0.6 is 0 Å². The summed E-state index contributed by atoms with van der Waals surface area (Å²) in [4.78, 5) is 16.7. The number of hydrogen-bond acceptors (Lipinski definition) is 5. The molecule has 0 saturated carbocycles. The second-order valence-electron chi connectivity index (χ2n) is 8.23. The Hall–Kier alpha value is -3.78. The number of halogens is 2. The van der Waals surface area contributed by atoms with Crippen LogP contribution in [0, 0.1) is 11.6 Å². The summed E-state index contributed by atoms with van der Waals surface area (Å²) in [5, 5.41) is 10.00. The van der Waals surface area contributed by atoms with Gasteiger partial charge in [-0.05, 0) is 47.9 Å². The van der Waals surface area contributed by atoms with Crippen LogP contribution in [0.3, 0.4) is 0 Å². The molecule has 2 heterocycles. The lowest BCUT2D eigenvalue weighted by Gasteiger charge is -2.27. The van der Waals surface area contributed by atoms with E-state index in [1.54, 1.807) is 30.3 Å². The van der Waals surface area contributed by atoms with Crippen molar-refractivity contribution < 1.29 is 28.2 Å². The minimum absolute atomic E-state index is 0.0288. The van der Waals surface area contributed by atoms with Crippen LogP contribution < -0.4 is 0 Å². The first-order valence-electron chi connectivity index (χ1n) is 10.9. The van der Waals surface area contributed by atoms with Gasteiger partial charge in [0.1, 0.15) is 11.6 Å². The molecule has 0 aliphatic carbocycles. The molecule has 1 atom stereocenters. The first kappa shape index (κ1) is 22.0. The largest absolute Gasteiger partial charge is 0.504 e. The van der Waals surface area contributed by atoms with Gasteiger partial charge < -0.3 is 19.1 Å². The molecule has 1 aliphatic rings. The summed E-state index contributed by atoms with van der Waals surface area (Å²) in [6.07, 6.45) is 1.15. The summed E-state index contributed by atoms with van der Waals surface area (Å²) in [7, 11) is 1.33. The molecule has 0 unspecified atom stereocenters. The Labute approximate surface area is 194 Å². The average molecular weight is 464 g/mol. The molecule has 1 fully saturated rings. The second-order valence-corrected chi connectivity index (χ2v) is 8.23. The highest BCUT2D eigenvalue weighted by atomic mass is 19.1. The Morgan fingerprint density at radius 2 is 2.00 bits per heavy atom. The van der Waals surface area contributed by atoms with Crippen LogP contribution in [-0.4, -0.2) is 40.4 Å². The standard InChI is InChI=1S/C26H22F2N2O4/c1-33-26(32)17-7-8-22-23(12-17)30(14-18-9-10-34-18)24(29-22)13-16-6-5-15(11-21(16)28)19-3-2-4-20(27)25(19)31/h2-8,11-12,18,31H,9-10,13-14H2,1H3/t18-/m0/s1. The van der Waals surface area contributed by atoms with E-state index in [1.807, 2.05) is 4.57 Å². The van der Waals surface area contributed by atoms with Gasteiger partial charge in [-0.2, -0.15) is 0 Å². The number of esters is 1. The Balaban J connectivity index is 1.52. The summed E-state index contributed by atoms with van der Waals surface area (Å²) < 4.78 is 41.2. The van der Waals surface area contributed by atoms with Crippen LogP contribution in [0.1, 0.15) is 28.2 Å². The van der Waals surface area contributed by atoms with E-state index >= 15 is 4.39 Å². The van der Waals surface area contributed by atoms with Crippen molar-refractivity contribution in [3.05, 3.63) is 83.2 Å². The third kappa shape index (κ3) is 4.01. The number of carbonyl (C=O) groups is 1. The highest BCUT2D eigenvalue weighted by Crippen LogP contribution is 2.33. The molecular formula is C26H22F2N2O4. The number of nitrogens with zero attached hydrogens (tertiary/aromatic N) is 2.